The summed E-state index contributed by atoms with van der Waals surface area (Å²) in [4.78, 5) is 10.2. The summed E-state index contributed by atoms with van der Waals surface area (Å²) in [5.74, 6) is -0.387. The third-order valence-electron chi connectivity index (χ3n) is 1.76. The van der Waals surface area contributed by atoms with Gasteiger partial charge in [-0.1, -0.05) is 24.6 Å². The molecule has 11 heavy (non-hydrogen) atoms. The lowest BCUT2D eigenvalue weighted by molar-refractivity contribution is -0.105. The molecule has 0 radical (unpaired) electrons. The van der Waals surface area contributed by atoms with Crippen molar-refractivity contribution in [2.75, 3.05) is 0 Å². The van der Waals surface area contributed by atoms with Crippen molar-refractivity contribution in [2.45, 2.75) is 13.1 Å². The minimum atomic E-state index is -1.25. The van der Waals surface area contributed by atoms with Crippen LogP contribution in [0.2, 0.25) is 0 Å². The Balaban J connectivity index is 2.92. The minimum absolute atomic E-state index is 0.168. The summed E-state index contributed by atoms with van der Waals surface area (Å²) in [6.07, 6.45) is 2.26. The third kappa shape index (κ3) is 1.51. The second kappa shape index (κ2) is 3.18. The van der Waals surface area contributed by atoms with Crippen LogP contribution in [-0.2, 0) is 4.79 Å². The molecule has 0 aromatic heterocycles. The topological polar surface area (TPSA) is 17.1 Å². The van der Waals surface area contributed by atoms with Crippen molar-refractivity contribution in [1.82, 2.24) is 0 Å². The van der Waals surface area contributed by atoms with Crippen LogP contribution in [0.25, 0.3) is 0 Å². The molecule has 0 bridgehead atoms. The van der Waals surface area contributed by atoms with E-state index in [1.54, 1.807) is 13.0 Å². The predicted octanol–water partition coefficient (Wildman–Crippen LogP) is 2.22. The monoisotopic (exact) mass is 174 g/mol. The highest BCUT2D eigenvalue weighted by Gasteiger charge is 2.25. The second-order valence-electron chi connectivity index (χ2n) is 2.53. The molecule has 0 saturated heterocycles. The molecule has 60 valence electrons. The first-order valence-electron chi connectivity index (χ1n) is 3.33. The van der Waals surface area contributed by atoms with Crippen molar-refractivity contribution < 1.29 is 9.18 Å². The largest absolute Gasteiger partial charge is 0.298 e. The van der Waals surface area contributed by atoms with Gasteiger partial charge in [-0.2, -0.15) is 0 Å². The smallest absolute Gasteiger partial charge is 0.148 e. The number of halogens is 2. The number of aldehydes is 1. The van der Waals surface area contributed by atoms with Crippen LogP contribution < -0.4 is 0 Å². The number of carbonyl (C=O) groups is 1. The van der Waals surface area contributed by atoms with Crippen LogP contribution in [-0.4, -0.2) is 12.5 Å². The van der Waals surface area contributed by atoms with Gasteiger partial charge < -0.3 is 0 Å². The molecule has 1 nitrogen and oxygen atoms in total. The maximum absolute atomic E-state index is 13.1. The fraction of sp³-hybridized carbons (Fsp3) is 0.375. The van der Waals surface area contributed by atoms with Crippen molar-refractivity contribution in [3.05, 3.63) is 22.8 Å². The molecule has 0 aromatic rings. The van der Waals surface area contributed by atoms with Crippen LogP contribution in [0.5, 0.6) is 0 Å². The molecule has 0 fully saturated rings. The first-order valence-corrected chi connectivity index (χ1v) is 3.71. The lowest BCUT2D eigenvalue weighted by atomic mass is 9.94. The van der Waals surface area contributed by atoms with Gasteiger partial charge in [-0.05, 0) is 6.08 Å². The van der Waals surface area contributed by atoms with E-state index in [1.807, 2.05) is 0 Å². The summed E-state index contributed by atoms with van der Waals surface area (Å²) in [5.41, 5.74) is 0.168. The fourth-order valence-corrected chi connectivity index (χ4v) is 1.13. The van der Waals surface area contributed by atoms with E-state index in [9.17, 15) is 9.18 Å². The molecule has 1 rings (SSSR count). The molecule has 1 aliphatic rings. The fourth-order valence-electron chi connectivity index (χ4n) is 0.952. The van der Waals surface area contributed by atoms with Crippen molar-refractivity contribution in [1.29, 1.82) is 0 Å². The highest BCUT2D eigenvalue weighted by molar-refractivity contribution is 6.30. The number of carbonyl (C=O) groups excluding carboxylic acids is 1. The maximum Gasteiger partial charge on any atom is 0.148 e. The average Bonchev–Trinajstić information content (AvgIpc) is 2.01. The zero-order valence-corrected chi connectivity index (χ0v) is 6.81. The molecule has 0 spiro atoms. The van der Waals surface area contributed by atoms with E-state index in [0.29, 0.717) is 11.3 Å². The van der Waals surface area contributed by atoms with Gasteiger partial charge in [-0.3, -0.25) is 4.79 Å². The molecule has 2 unspecified atom stereocenters. The quantitative estimate of drug-likeness (QED) is 0.557. The Labute approximate surface area is 69.5 Å². The van der Waals surface area contributed by atoms with E-state index >= 15 is 0 Å². The molecule has 1 aliphatic carbocycles. The molecule has 0 aromatic carbocycles. The van der Waals surface area contributed by atoms with Gasteiger partial charge in [-0.15, -0.1) is 0 Å². The van der Waals surface area contributed by atoms with Crippen LogP contribution in [0.4, 0.5) is 4.39 Å². The van der Waals surface area contributed by atoms with E-state index < -0.39 is 6.17 Å². The highest BCUT2D eigenvalue weighted by Crippen LogP contribution is 2.29. The summed E-state index contributed by atoms with van der Waals surface area (Å²) >= 11 is 5.64. The Hall–Kier alpha value is -0.630. The van der Waals surface area contributed by atoms with Crippen LogP contribution in [0.3, 0.4) is 0 Å². The zero-order chi connectivity index (χ0) is 8.43. The molecule has 2 atom stereocenters. The lowest BCUT2D eigenvalue weighted by Gasteiger charge is -2.18. The highest BCUT2D eigenvalue weighted by atomic mass is 35.5. The van der Waals surface area contributed by atoms with Gasteiger partial charge in [0.15, 0.2) is 0 Å². The SMILES string of the molecule is CC1C(Cl)=CC=C(C=O)C1F. The average molecular weight is 175 g/mol. The molecule has 0 amide bonds. The number of rotatable bonds is 1. The van der Waals surface area contributed by atoms with Crippen LogP contribution >= 0.6 is 11.6 Å². The predicted molar refractivity (Wildman–Crippen MR) is 42.1 cm³/mol. The standard InChI is InChI=1S/C8H8ClFO/c1-5-7(9)3-2-6(4-11)8(5)10/h2-5,8H,1H3. The molecule has 0 N–H and O–H groups in total. The van der Waals surface area contributed by atoms with Gasteiger partial charge in [0.2, 0.25) is 0 Å². The van der Waals surface area contributed by atoms with Gasteiger partial charge in [-0.25, -0.2) is 4.39 Å². The van der Waals surface area contributed by atoms with Crippen molar-refractivity contribution in [3.63, 3.8) is 0 Å². The van der Waals surface area contributed by atoms with Crippen LogP contribution in [0.1, 0.15) is 6.92 Å². The number of hydrogen-bond donors (Lipinski definition) is 0. The molecule has 0 heterocycles. The third-order valence-corrected chi connectivity index (χ3v) is 2.23. The van der Waals surface area contributed by atoms with E-state index in [4.69, 9.17) is 11.6 Å². The molecule has 3 heteroatoms. The van der Waals surface area contributed by atoms with Gasteiger partial charge in [0.05, 0.1) is 0 Å². The van der Waals surface area contributed by atoms with E-state index in [2.05, 4.69) is 0 Å². The second-order valence-corrected chi connectivity index (χ2v) is 2.96. The summed E-state index contributed by atoms with van der Waals surface area (Å²) < 4.78 is 13.1. The number of hydrogen-bond acceptors (Lipinski definition) is 1. The summed E-state index contributed by atoms with van der Waals surface area (Å²) in [6, 6.07) is 0. The normalized spacial score (nSPS) is 30.8. The van der Waals surface area contributed by atoms with Gasteiger partial charge >= 0.3 is 0 Å². The Morgan fingerprint density at radius 3 is 2.82 bits per heavy atom. The van der Waals surface area contributed by atoms with Crippen LogP contribution in [0.15, 0.2) is 22.8 Å². The summed E-state index contributed by atoms with van der Waals surface area (Å²) in [5, 5.41) is 0.461. The van der Waals surface area contributed by atoms with Crippen molar-refractivity contribution in [2.24, 2.45) is 5.92 Å². The van der Waals surface area contributed by atoms with Gasteiger partial charge in [0.1, 0.15) is 12.5 Å². The number of allylic oxidation sites excluding steroid dienone is 4. The lowest BCUT2D eigenvalue weighted by Crippen LogP contribution is -2.19. The van der Waals surface area contributed by atoms with Gasteiger partial charge in [0, 0.05) is 16.5 Å². The Bertz CT molecular complexity index is 232. The first-order chi connectivity index (χ1) is 5.16. The molecular formula is C8H8ClFO. The van der Waals surface area contributed by atoms with Crippen molar-refractivity contribution in [3.8, 4) is 0 Å². The first kappa shape index (κ1) is 8.47. The number of alkyl halides is 1. The Morgan fingerprint density at radius 1 is 1.64 bits per heavy atom. The van der Waals surface area contributed by atoms with Crippen molar-refractivity contribution >= 4 is 17.9 Å². The van der Waals surface area contributed by atoms with E-state index in [0.717, 1.165) is 0 Å². The Kier molecular flexibility index (Phi) is 2.45. The minimum Gasteiger partial charge on any atom is -0.298 e. The van der Waals surface area contributed by atoms with Crippen LogP contribution in [0, 0.1) is 5.92 Å². The summed E-state index contributed by atoms with van der Waals surface area (Å²) in [7, 11) is 0. The van der Waals surface area contributed by atoms with E-state index in [1.165, 1.54) is 6.08 Å². The molecule has 0 saturated carbocycles. The maximum atomic E-state index is 13.1. The molecule has 0 aliphatic heterocycles. The summed E-state index contributed by atoms with van der Waals surface area (Å²) in [6.45, 7) is 1.65. The Morgan fingerprint density at radius 2 is 2.27 bits per heavy atom. The molecular weight excluding hydrogens is 167 g/mol. The zero-order valence-electron chi connectivity index (χ0n) is 6.05. The van der Waals surface area contributed by atoms with Gasteiger partial charge in [0.25, 0.3) is 0 Å². The van der Waals surface area contributed by atoms with E-state index in [-0.39, 0.29) is 11.5 Å².